The summed E-state index contributed by atoms with van der Waals surface area (Å²) in [6.45, 7) is 6.79. The quantitative estimate of drug-likeness (QED) is 0.635. The van der Waals surface area contributed by atoms with Crippen molar-refractivity contribution < 1.29 is 14.3 Å². The van der Waals surface area contributed by atoms with Gasteiger partial charge in [0, 0.05) is 16.5 Å². The van der Waals surface area contributed by atoms with E-state index in [1.807, 2.05) is 0 Å². The molecule has 1 amide bonds. The first-order valence-electron chi connectivity index (χ1n) is 10.1. The molecule has 8 heteroatoms. The highest BCUT2D eigenvalue weighted by atomic mass is 32.1. The lowest BCUT2D eigenvalue weighted by molar-refractivity contribution is 0.0977. The van der Waals surface area contributed by atoms with E-state index in [2.05, 4.69) is 37.5 Å². The number of benzene rings is 1. The Hall–Kier alpha value is -2.63. The van der Waals surface area contributed by atoms with Crippen LogP contribution in [0.3, 0.4) is 0 Å². The second-order valence-electron chi connectivity index (χ2n) is 8.64. The number of hydrogen-bond acceptors (Lipinski definition) is 6. The minimum Gasteiger partial charge on any atom is -0.497 e. The van der Waals surface area contributed by atoms with Crippen LogP contribution in [0.1, 0.15) is 53.6 Å². The average Bonchev–Trinajstić information content (AvgIpc) is 3.08. The van der Waals surface area contributed by atoms with Gasteiger partial charge in [0.15, 0.2) is 5.11 Å². The van der Waals surface area contributed by atoms with E-state index in [1.54, 1.807) is 29.5 Å². The molecule has 1 aromatic heterocycles. The number of carbonyl (C=O) groups is 1. The molecule has 31 heavy (non-hydrogen) atoms. The minimum atomic E-state index is -0.387. The molecular formula is C23H27N3O3S2. The predicted molar refractivity (Wildman–Crippen MR) is 127 cm³/mol. The summed E-state index contributed by atoms with van der Waals surface area (Å²) in [6, 6.07) is 7.23. The largest absolute Gasteiger partial charge is 0.497 e. The molecule has 1 heterocycles. The maximum absolute atomic E-state index is 12.7. The number of fused-ring (bicyclic) bond motifs is 1. The lowest BCUT2D eigenvalue weighted by Crippen LogP contribution is -2.34. The van der Waals surface area contributed by atoms with Gasteiger partial charge in [-0.2, -0.15) is 5.26 Å². The fourth-order valence-corrected chi connectivity index (χ4v) is 5.32. The highest BCUT2D eigenvalue weighted by Gasteiger charge is 2.32. The van der Waals surface area contributed by atoms with Crippen LogP contribution in [0.25, 0.3) is 0 Å². The standard InChI is InChI=1S/C23H27N3O3S2/c1-23(2,3)14-6-7-17-18(12-24)21(31-19(17)10-14)26-22(30)25-20(27)13-8-15(28-4)11-16(9-13)29-5/h8-9,11,14H,6-7,10H2,1-5H3,(H2,25,26,27,30)/t14-/m1/s1. The van der Waals surface area contributed by atoms with Crippen molar-refractivity contribution in [2.24, 2.45) is 11.3 Å². The second kappa shape index (κ2) is 9.25. The summed E-state index contributed by atoms with van der Waals surface area (Å²) in [5.41, 5.74) is 2.33. The monoisotopic (exact) mass is 457 g/mol. The summed E-state index contributed by atoms with van der Waals surface area (Å²) < 4.78 is 10.4. The third-order valence-electron chi connectivity index (χ3n) is 5.67. The first-order chi connectivity index (χ1) is 14.7. The third-order valence-corrected chi connectivity index (χ3v) is 7.04. The van der Waals surface area contributed by atoms with Crippen molar-refractivity contribution in [2.75, 3.05) is 19.5 Å². The van der Waals surface area contributed by atoms with Gasteiger partial charge < -0.3 is 14.8 Å². The van der Waals surface area contributed by atoms with Crippen LogP contribution in [-0.4, -0.2) is 25.2 Å². The van der Waals surface area contributed by atoms with E-state index in [-0.39, 0.29) is 16.4 Å². The number of ether oxygens (including phenoxy) is 2. The molecule has 0 saturated carbocycles. The zero-order valence-corrected chi connectivity index (χ0v) is 20.1. The molecule has 1 aliphatic carbocycles. The molecule has 0 radical (unpaired) electrons. The van der Waals surface area contributed by atoms with Crippen LogP contribution in [-0.2, 0) is 12.8 Å². The average molecular weight is 458 g/mol. The molecule has 0 unspecified atom stereocenters. The highest BCUT2D eigenvalue weighted by Crippen LogP contribution is 2.44. The zero-order chi connectivity index (χ0) is 22.8. The number of carbonyl (C=O) groups excluding carboxylic acids is 1. The van der Waals surface area contributed by atoms with Crippen LogP contribution in [0, 0.1) is 22.7 Å². The molecule has 6 nitrogen and oxygen atoms in total. The highest BCUT2D eigenvalue weighted by molar-refractivity contribution is 7.80. The van der Waals surface area contributed by atoms with Crippen LogP contribution in [0.2, 0.25) is 0 Å². The second-order valence-corrected chi connectivity index (χ2v) is 10.1. The van der Waals surface area contributed by atoms with Crippen LogP contribution in [0.5, 0.6) is 11.5 Å². The zero-order valence-electron chi connectivity index (χ0n) is 18.4. The van der Waals surface area contributed by atoms with Crippen molar-refractivity contribution in [2.45, 2.75) is 40.0 Å². The number of rotatable bonds is 4. The van der Waals surface area contributed by atoms with Gasteiger partial charge in [-0.3, -0.25) is 10.1 Å². The third kappa shape index (κ3) is 5.17. The van der Waals surface area contributed by atoms with Gasteiger partial charge in [0.05, 0.1) is 19.8 Å². The van der Waals surface area contributed by atoms with E-state index in [1.165, 1.54) is 19.1 Å². The number of nitrogens with zero attached hydrogens (tertiary/aromatic N) is 1. The Kier molecular flexibility index (Phi) is 6.87. The Labute approximate surface area is 192 Å². The van der Waals surface area contributed by atoms with Crippen LogP contribution < -0.4 is 20.1 Å². The number of anilines is 1. The molecule has 1 atom stereocenters. The molecule has 1 aliphatic rings. The van der Waals surface area contributed by atoms with Crippen molar-refractivity contribution in [3.05, 3.63) is 39.8 Å². The van der Waals surface area contributed by atoms with Gasteiger partial charge in [0.2, 0.25) is 0 Å². The number of hydrogen-bond donors (Lipinski definition) is 2. The predicted octanol–water partition coefficient (Wildman–Crippen LogP) is 4.91. The van der Waals surface area contributed by atoms with E-state index >= 15 is 0 Å². The van der Waals surface area contributed by atoms with E-state index in [9.17, 15) is 10.1 Å². The van der Waals surface area contributed by atoms with E-state index in [4.69, 9.17) is 21.7 Å². The SMILES string of the molecule is COc1cc(OC)cc(C(=O)NC(=S)Nc2sc3c(c2C#N)CC[C@@H](C(C)(C)C)C3)c1. The molecule has 0 saturated heterocycles. The number of nitrogens with one attached hydrogen (secondary N) is 2. The molecule has 2 N–H and O–H groups in total. The van der Waals surface area contributed by atoms with Gasteiger partial charge in [0.1, 0.15) is 22.6 Å². The van der Waals surface area contributed by atoms with Gasteiger partial charge in [-0.05, 0) is 60.5 Å². The Morgan fingerprint density at radius 1 is 1.23 bits per heavy atom. The Balaban J connectivity index is 1.75. The summed E-state index contributed by atoms with van der Waals surface area (Å²) in [5, 5.41) is 16.3. The molecule has 0 aliphatic heterocycles. The first-order valence-corrected chi connectivity index (χ1v) is 11.3. The lowest BCUT2D eigenvalue weighted by Gasteiger charge is -2.33. The van der Waals surface area contributed by atoms with Crippen molar-refractivity contribution >= 4 is 39.6 Å². The summed E-state index contributed by atoms with van der Waals surface area (Å²) >= 11 is 6.91. The minimum absolute atomic E-state index is 0.147. The van der Waals surface area contributed by atoms with Gasteiger partial charge in [-0.15, -0.1) is 11.3 Å². The number of thiocarbonyl (C=S) groups is 1. The topological polar surface area (TPSA) is 83.4 Å². The molecule has 1 aromatic carbocycles. The fourth-order valence-electron chi connectivity index (χ4n) is 3.78. The molecule has 2 aromatic rings. The Morgan fingerprint density at radius 2 is 1.87 bits per heavy atom. The molecule has 164 valence electrons. The maximum atomic E-state index is 12.7. The normalized spacial score (nSPS) is 15.4. The number of thiophene rings is 1. The van der Waals surface area contributed by atoms with Crippen LogP contribution >= 0.6 is 23.6 Å². The lowest BCUT2D eigenvalue weighted by atomic mass is 9.72. The summed E-state index contributed by atoms with van der Waals surface area (Å²) in [4.78, 5) is 13.9. The Bertz CT molecular complexity index is 1030. The van der Waals surface area contributed by atoms with Crippen molar-refractivity contribution in [1.29, 1.82) is 5.26 Å². The molecule has 3 rings (SSSR count). The van der Waals surface area contributed by atoms with E-state index in [0.717, 1.165) is 24.8 Å². The maximum Gasteiger partial charge on any atom is 0.257 e. The Morgan fingerprint density at radius 3 is 2.42 bits per heavy atom. The molecule has 0 fully saturated rings. The molecule has 0 spiro atoms. The van der Waals surface area contributed by atoms with Crippen molar-refractivity contribution in [3.63, 3.8) is 0 Å². The molecular weight excluding hydrogens is 430 g/mol. The summed E-state index contributed by atoms with van der Waals surface area (Å²) in [6.07, 6.45) is 2.92. The number of nitriles is 1. The van der Waals surface area contributed by atoms with Gasteiger partial charge in [-0.25, -0.2) is 0 Å². The van der Waals surface area contributed by atoms with Gasteiger partial charge in [0.25, 0.3) is 5.91 Å². The van der Waals surface area contributed by atoms with Gasteiger partial charge in [-0.1, -0.05) is 20.8 Å². The van der Waals surface area contributed by atoms with Crippen molar-refractivity contribution in [3.8, 4) is 17.6 Å². The summed E-state index contributed by atoms with van der Waals surface area (Å²) in [5.74, 6) is 1.21. The first kappa shape index (κ1) is 23.0. The molecule has 0 bridgehead atoms. The number of methoxy groups -OCH3 is 2. The van der Waals surface area contributed by atoms with Crippen molar-refractivity contribution in [1.82, 2.24) is 5.32 Å². The smallest absolute Gasteiger partial charge is 0.257 e. The van der Waals surface area contributed by atoms with Crippen LogP contribution in [0.15, 0.2) is 18.2 Å². The number of amides is 1. The van der Waals surface area contributed by atoms with E-state index < -0.39 is 0 Å². The van der Waals surface area contributed by atoms with Crippen LogP contribution in [0.4, 0.5) is 5.00 Å². The van der Waals surface area contributed by atoms with Gasteiger partial charge >= 0.3 is 0 Å². The van der Waals surface area contributed by atoms with E-state index in [0.29, 0.717) is 33.5 Å². The fraction of sp³-hybridized carbons (Fsp3) is 0.435. The summed E-state index contributed by atoms with van der Waals surface area (Å²) in [7, 11) is 3.05.